The summed E-state index contributed by atoms with van der Waals surface area (Å²) in [5.41, 5.74) is 0. The molecule has 20 heavy (non-hydrogen) atoms. The van der Waals surface area contributed by atoms with Crippen molar-refractivity contribution in [2.75, 3.05) is 11.9 Å². The number of H-pyrrole nitrogens is 1. The molecule has 110 valence electrons. The van der Waals surface area contributed by atoms with Gasteiger partial charge in [-0.05, 0) is 25.7 Å². The quantitative estimate of drug-likeness (QED) is 0.650. The number of aromatic nitrogens is 2. The van der Waals surface area contributed by atoms with E-state index in [1.54, 1.807) is 0 Å². The van der Waals surface area contributed by atoms with E-state index in [1.807, 2.05) is 6.07 Å². The van der Waals surface area contributed by atoms with Crippen LogP contribution in [0.15, 0.2) is 6.07 Å². The molecule has 1 aromatic rings. The second kappa shape index (κ2) is 6.68. The molecule has 4 nitrogen and oxygen atoms in total. The van der Waals surface area contributed by atoms with Crippen LogP contribution < -0.4 is 5.32 Å². The van der Waals surface area contributed by atoms with Gasteiger partial charge in [0.05, 0.1) is 0 Å². The van der Waals surface area contributed by atoms with Gasteiger partial charge >= 0.3 is 0 Å². The lowest BCUT2D eigenvalue weighted by molar-refractivity contribution is 0.105. The molecular weight excluding hydrogens is 270 g/mol. The topological polar surface area (TPSA) is 49.9 Å². The van der Waals surface area contributed by atoms with Crippen LogP contribution >= 0.6 is 12.2 Å². The number of anilines is 1. The first kappa shape index (κ1) is 14.0. The highest BCUT2D eigenvalue weighted by atomic mass is 32.1. The van der Waals surface area contributed by atoms with Crippen molar-refractivity contribution in [2.24, 2.45) is 0 Å². The molecule has 1 saturated heterocycles. The second-order valence-corrected chi connectivity index (χ2v) is 6.27. The molecule has 1 saturated carbocycles. The highest BCUT2D eigenvalue weighted by Gasteiger charge is 2.20. The molecule has 3 rings (SSSR count). The minimum atomic E-state index is 0.0904. The Labute approximate surface area is 125 Å². The third-order valence-electron chi connectivity index (χ3n) is 4.21. The fourth-order valence-corrected chi connectivity index (χ4v) is 3.36. The summed E-state index contributed by atoms with van der Waals surface area (Å²) < 4.78 is 6.34. The number of nitrogens with one attached hydrogen (secondary N) is 2. The third kappa shape index (κ3) is 3.58. The van der Waals surface area contributed by atoms with E-state index < -0.39 is 0 Å². The Bertz CT molecular complexity index is 488. The first-order valence-corrected chi connectivity index (χ1v) is 8.21. The zero-order chi connectivity index (χ0) is 13.8. The molecule has 1 unspecified atom stereocenters. The largest absolute Gasteiger partial charge is 0.370 e. The number of aromatic amines is 1. The Hall–Kier alpha value is -0.940. The number of ether oxygens (including phenoxy) is 1. The molecule has 2 N–H and O–H groups in total. The van der Waals surface area contributed by atoms with Crippen LogP contribution in [0.25, 0.3) is 0 Å². The highest BCUT2D eigenvalue weighted by Crippen LogP contribution is 2.27. The number of rotatable bonds is 3. The Balaban J connectivity index is 1.73. The zero-order valence-electron chi connectivity index (χ0n) is 11.9. The zero-order valence-corrected chi connectivity index (χ0v) is 12.7. The summed E-state index contributed by atoms with van der Waals surface area (Å²) in [6, 6.07) is 2.49. The number of nitrogens with zero attached hydrogens (tertiary/aromatic N) is 1. The van der Waals surface area contributed by atoms with Crippen molar-refractivity contribution in [3.05, 3.63) is 16.5 Å². The summed E-state index contributed by atoms with van der Waals surface area (Å²) >= 11 is 5.29. The predicted octanol–water partition coefficient (Wildman–Crippen LogP) is 4.13. The van der Waals surface area contributed by atoms with Crippen LogP contribution in [0.2, 0.25) is 0 Å². The molecule has 0 radical (unpaired) electrons. The van der Waals surface area contributed by atoms with Crippen molar-refractivity contribution >= 4 is 18.0 Å². The lowest BCUT2D eigenvalue weighted by Gasteiger charge is -2.19. The van der Waals surface area contributed by atoms with Crippen LogP contribution in [0.4, 0.5) is 5.82 Å². The predicted molar refractivity (Wildman–Crippen MR) is 82.5 cm³/mol. The Morgan fingerprint density at radius 1 is 1.15 bits per heavy atom. The maximum atomic E-state index is 5.69. The summed E-state index contributed by atoms with van der Waals surface area (Å²) in [5.74, 6) is 1.88. The minimum Gasteiger partial charge on any atom is -0.370 e. The number of hydrogen-bond acceptors (Lipinski definition) is 4. The van der Waals surface area contributed by atoms with Gasteiger partial charge in [-0.1, -0.05) is 37.9 Å². The lowest BCUT2D eigenvalue weighted by atomic mass is 10.1. The number of hydrogen-bond donors (Lipinski definition) is 2. The monoisotopic (exact) mass is 293 g/mol. The van der Waals surface area contributed by atoms with Crippen LogP contribution in [-0.2, 0) is 4.74 Å². The van der Waals surface area contributed by atoms with Gasteiger partial charge in [0.15, 0.2) is 0 Å². The summed E-state index contributed by atoms with van der Waals surface area (Å²) in [6.07, 6.45) is 10.1. The van der Waals surface area contributed by atoms with E-state index >= 15 is 0 Å². The molecule has 2 fully saturated rings. The summed E-state index contributed by atoms with van der Waals surface area (Å²) in [7, 11) is 0. The third-order valence-corrected chi connectivity index (χ3v) is 4.42. The van der Waals surface area contributed by atoms with E-state index in [0.717, 1.165) is 31.1 Å². The van der Waals surface area contributed by atoms with Crippen molar-refractivity contribution in [3.63, 3.8) is 0 Å². The van der Waals surface area contributed by atoms with Gasteiger partial charge in [0, 0.05) is 18.7 Å². The van der Waals surface area contributed by atoms with Gasteiger partial charge in [-0.25, -0.2) is 4.98 Å². The van der Waals surface area contributed by atoms with Gasteiger partial charge < -0.3 is 15.0 Å². The molecular formula is C15H23N3OS. The molecule has 0 spiro atoms. The van der Waals surface area contributed by atoms with Crippen molar-refractivity contribution in [2.45, 2.75) is 63.5 Å². The van der Waals surface area contributed by atoms with Gasteiger partial charge in [-0.15, -0.1) is 0 Å². The van der Waals surface area contributed by atoms with Gasteiger partial charge in [-0.3, -0.25) is 0 Å². The first-order chi connectivity index (χ1) is 9.81. The maximum absolute atomic E-state index is 5.69. The average Bonchev–Trinajstić information content (AvgIpc) is 2.85. The van der Waals surface area contributed by atoms with Crippen LogP contribution in [0.3, 0.4) is 0 Å². The Kier molecular flexibility index (Phi) is 4.68. The van der Waals surface area contributed by atoms with E-state index in [-0.39, 0.29) is 6.10 Å². The Morgan fingerprint density at radius 3 is 2.65 bits per heavy atom. The van der Waals surface area contributed by atoms with E-state index in [0.29, 0.717) is 10.7 Å². The first-order valence-electron chi connectivity index (χ1n) is 7.81. The van der Waals surface area contributed by atoms with E-state index in [9.17, 15) is 0 Å². The second-order valence-electron chi connectivity index (χ2n) is 5.85. The molecule has 0 aromatic carbocycles. The van der Waals surface area contributed by atoms with Crippen LogP contribution in [0, 0.1) is 4.64 Å². The molecule has 1 atom stereocenters. The Morgan fingerprint density at radius 2 is 1.95 bits per heavy atom. The molecule has 1 aliphatic carbocycles. The molecule has 0 amide bonds. The highest BCUT2D eigenvalue weighted by molar-refractivity contribution is 7.71. The van der Waals surface area contributed by atoms with Crippen LogP contribution in [0.1, 0.15) is 63.3 Å². The summed E-state index contributed by atoms with van der Waals surface area (Å²) in [5, 5.41) is 3.61. The van der Waals surface area contributed by atoms with Crippen molar-refractivity contribution in [3.8, 4) is 0 Å². The maximum Gasteiger partial charge on any atom is 0.138 e. The fourth-order valence-electron chi connectivity index (χ4n) is 3.14. The molecule has 1 aromatic heterocycles. The smallest absolute Gasteiger partial charge is 0.138 e. The standard InChI is InChI=1S/C15H23N3OS/c20-14-10-13(16-11-6-3-1-2-4-7-11)17-15(18-14)12-8-5-9-19-12/h10-12H,1-9H2,(H2,16,17,18,20). The molecule has 0 bridgehead atoms. The molecule has 1 aliphatic heterocycles. The minimum absolute atomic E-state index is 0.0904. The van der Waals surface area contributed by atoms with E-state index in [1.165, 1.54) is 38.5 Å². The molecule has 2 heterocycles. The van der Waals surface area contributed by atoms with Crippen molar-refractivity contribution < 1.29 is 4.74 Å². The van der Waals surface area contributed by atoms with Crippen molar-refractivity contribution in [1.29, 1.82) is 0 Å². The van der Waals surface area contributed by atoms with Gasteiger partial charge in [0.2, 0.25) is 0 Å². The van der Waals surface area contributed by atoms with Gasteiger partial charge in [0.25, 0.3) is 0 Å². The van der Waals surface area contributed by atoms with E-state index in [4.69, 9.17) is 17.0 Å². The van der Waals surface area contributed by atoms with E-state index in [2.05, 4.69) is 15.3 Å². The molecule has 5 heteroatoms. The normalized spacial score (nSPS) is 24.5. The van der Waals surface area contributed by atoms with Crippen molar-refractivity contribution in [1.82, 2.24) is 9.97 Å². The summed E-state index contributed by atoms with van der Waals surface area (Å²) in [4.78, 5) is 7.80. The summed E-state index contributed by atoms with van der Waals surface area (Å²) in [6.45, 7) is 0.827. The SMILES string of the molecule is S=c1cc(NC2CCCCCC2)[nH]c(C2CCCO2)n1. The fraction of sp³-hybridized carbons (Fsp3) is 0.733. The van der Waals surface area contributed by atoms with Gasteiger partial charge in [0.1, 0.15) is 22.4 Å². The van der Waals surface area contributed by atoms with Crippen LogP contribution in [0.5, 0.6) is 0 Å². The average molecular weight is 293 g/mol. The van der Waals surface area contributed by atoms with Gasteiger partial charge in [-0.2, -0.15) is 0 Å². The lowest BCUT2D eigenvalue weighted by Crippen LogP contribution is -2.20. The molecule has 2 aliphatic rings. The van der Waals surface area contributed by atoms with Crippen LogP contribution in [-0.4, -0.2) is 22.6 Å².